The van der Waals surface area contributed by atoms with Gasteiger partial charge in [-0.3, -0.25) is 4.79 Å². The second-order valence-electron chi connectivity index (χ2n) is 5.13. The third-order valence-electron chi connectivity index (χ3n) is 3.30. The minimum Gasteiger partial charge on any atom is -0.508 e. The summed E-state index contributed by atoms with van der Waals surface area (Å²) in [7, 11) is 0. The summed E-state index contributed by atoms with van der Waals surface area (Å²) in [6.45, 7) is -0.0307. The van der Waals surface area contributed by atoms with Crippen LogP contribution in [0.15, 0.2) is 45.6 Å². The number of thioether (sulfide) groups is 1. The molecule has 0 bridgehead atoms. The average Bonchev–Trinajstić information content (AvgIpc) is 2.97. The summed E-state index contributed by atoms with van der Waals surface area (Å²) in [6, 6.07) is 9.49. The molecule has 0 aliphatic heterocycles. The summed E-state index contributed by atoms with van der Waals surface area (Å²) in [6.07, 6.45) is 0. The van der Waals surface area contributed by atoms with E-state index < -0.39 is 5.63 Å². The Kier molecular flexibility index (Phi) is 5.67. The smallest absolute Gasteiger partial charge is 0.336 e. The lowest BCUT2D eigenvalue weighted by Crippen LogP contribution is -2.09. The normalized spacial score (nSPS) is 10.9. The van der Waals surface area contributed by atoms with Crippen molar-refractivity contribution in [1.82, 2.24) is 0 Å². The topological polar surface area (TPSA) is 76.7 Å². The number of fused-ring (bicyclic) bond motifs is 1. The molecule has 0 amide bonds. The van der Waals surface area contributed by atoms with Gasteiger partial charge in [0.1, 0.15) is 17.9 Å². The number of hydrogen-bond acceptors (Lipinski definition) is 7. The standard InChI is InChI=1S/C17H13ClO5S2/c18-15-4-2-12(25-15)8-24-9-17(21)22-7-10-5-16(20)23-14-6-11(19)1-3-13(10)14/h1-6,19H,7-9H2. The fourth-order valence-corrected chi connectivity index (χ4v) is 4.22. The average molecular weight is 397 g/mol. The first-order valence-electron chi connectivity index (χ1n) is 7.24. The van der Waals surface area contributed by atoms with E-state index in [4.69, 9.17) is 20.8 Å². The van der Waals surface area contributed by atoms with Crippen LogP contribution in [0.1, 0.15) is 10.4 Å². The van der Waals surface area contributed by atoms with Crippen molar-refractivity contribution in [3.05, 3.63) is 61.6 Å². The maximum atomic E-state index is 11.9. The van der Waals surface area contributed by atoms with Crippen LogP contribution in [0.2, 0.25) is 4.34 Å². The molecule has 5 nitrogen and oxygen atoms in total. The van der Waals surface area contributed by atoms with E-state index >= 15 is 0 Å². The van der Waals surface area contributed by atoms with Crippen LogP contribution >= 0.6 is 34.7 Å². The maximum absolute atomic E-state index is 11.9. The number of halogens is 1. The number of carbonyl (C=O) groups is 1. The Morgan fingerprint density at radius 1 is 1.28 bits per heavy atom. The zero-order valence-electron chi connectivity index (χ0n) is 12.9. The number of hydrogen-bond donors (Lipinski definition) is 1. The molecule has 0 aliphatic rings. The van der Waals surface area contributed by atoms with Gasteiger partial charge in [-0.05, 0) is 24.3 Å². The highest BCUT2D eigenvalue weighted by Gasteiger charge is 2.10. The van der Waals surface area contributed by atoms with Gasteiger partial charge in [-0.1, -0.05) is 11.6 Å². The predicted octanol–water partition coefficient (Wildman–Crippen LogP) is 4.19. The third kappa shape index (κ3) is 4.78. The molecule has 2 heterocycles. The highest BCUT2D eigenvalue weighted by Crippen LogP contribution is 2.25. The molecular formula is C17H13ClO5S2. The van der Waals surface area contributed by atoms with Gasteiger partial charge in [0.25, 0.3) is 0 Å². The van der Waals surface area contributed by atoms with Crippen molar-refractivity contribution in [2.24, 2.45) is 0 Å². The number of benzene rings is 1. The first kappa shape index (κ1) is 17.8. The van der Waals surface area contributed by atoms with Gasteiger partial charge < -0.3 is 14.3 Å². The fraction of sp³-hybridized carbons (Fsp3) is 0.176. The van der Waals surface area contributed by atoms with Crippen molar-refractivity contribution in [2.75, 3.05) is 5.75 Å². The Morgan fingerprint density at radius 3 is 2.88 bits per heavy atom. The lowest BCUT2D eigenvalue weighted by molar-refractivity contribution is -0.141. The molecule has 1 N–H and O–H groups in total. The highest BCUT2D eigenvalue weighted by molar-refractivity contribution is 7.99. The summed E-state index contributed by atoms with van der Waals surface area (Å²) in [5.41, 5.74) is 0.227. The van der Waals surface area contributed by atoms with Gasteiger partial charge in [-0.2, -0.15) is 0 Å². The van der Waals surface area contributed by atoms with Crippen molar-refractivity contribution in [2.45, 2.75) is 12.4 Å². The second kappa shape index (κ2) is 7.95. The summed E-state index contributed by atoms with van der Waals surface area (Å²) in [5, 5.41) is 10.1. The van der Waals surface area contributed by atoms with Crippen LogP contribution in [0.3, 0.4) is 0 Å². The molecule has 0 fully saturated rings. The molecule has 2 aromatic heterocycles. The Balaban J connectivity index is 1.58. The van der Waals surface area contributed by atoms with Crippen molar-refractivity contribution in [3.63, 3.8) is 0 Å². The van der Waals surface area contributed by atoms with E-state index in [1.807, 2.05) is 12.1 Å². The van der Waals surface area contributed by atoms with Crippen molar-refractivity contribution < 1.29 is 19.1 Å². The number of rotatable bonds is 6. The summed E-state index contributed by atoms with van der Waals surface area (Å²) in [5.74, 6) is 0.516. The van der Waals surface area contributed by atoms with E-state index in [9.17, 15) is 14.7 Å². The number of aromatic hydroxyl groups is 1. The van der Waals surface area contributed by atoms with Crippen LogP contribution in [-0.4, -0.2) is 16.8 Å². The minimum absolute atomic E-state index is 0.00475. The van der Waals surface area contributed by atoms with Crippen LogP contribution in [0.25, 0.3) is 11.0 Å². The zero-order valence-corrected chi connectivity index (χ0v) is 15.2. The van der Waals surface area contributed by atoms with Gasteiger partial charge in [0.05, 0.1) is 10.1 Å². The molecule has 0 radical (unpaired) electrons. The van der Waals surface area contributed by atoms with Crippen molar-refractivity contribution >= 4 is 51.6 Å². The van der Waals surface area contributed by atoms with Gasteiger partial charge >= 0.3 is 11.6 Å². The molecule has 130 valence electrons. The first-order valence-corrected chi connectivity index (χ1v) is 9.59. The lowest BCUT2D eigenvalue weighted by Gasteiger charge is -2.07. The van der Waals surface area contributed by atoms with Gasteiger partial charge in [0.2, 0.25) is 0 Å². The number of esters is 1. The molecule has 8 heteroatoms. The molecule has 25 heavy (non-hydrogen) atoms. The quantitative estimate of drug-likeness (QED) is 0.497. The van der Waals surface area contributed by atoms with Crippen LogP contribution in [0, 0.1) is 0 Å². The molecule has 0 aliphatic carbocycles. The lowest BCUT2D eigenvalue weighted by atomic mass is 10.1. The van der Waals surface area contributed by atoms with Crippen LogP contribution in [0.5, 0.6) is 5.75 Å². The van der Waals surface area contributed by atoms with E-state index in [1.165, 1.54) is 41.3 Å². The summed E-state index contributed by atoms with van der Waals surface area (Å²) in [4.78, 5) is 24.6. The van der Waals surface area contributed by atoms with Crippen LogP contribution < -0.4 is 5.63 Å². The van der Waals surface area contributed by atoms with Crippen LogP contribution in [-0.2, 0) is 21.9 Å². The Bertz CT molecular complexity index is 963. The Labute approximate surface area is 156 Å². The number of carbonyl (C=O) groups excluding carboxylic acids is 1. The van der Waals surface area contributed by atoms with E-state index in [1.54, 1.807) is 6.07 Å². The highest BCUT2D eigenvalue weighted by atomic mass is 35.5. The number of phenols is 1. The number of ether oxygens (including phenoxy) is 1. The molecule has 0 saturated heterocycles. The number of phenolic OH excluding ortho intramolecular Hbond substituents is 1. The molecule has 0 atom stereocenters. The van der Waals surface area contributed by atoms with E-state index in [0.717, 1.165) is 9.21 Å². The molecule has 0 unspecified atom stereocenters. The molecule has 1 aromatic carbocycles. The Hall–Kier alpha value is -1.96. The molecule has 3 rings (SSSR count). The van der Waals surface area contributed by atoms with Gasteiger partial charge in [0.15, 0.2) is 0 Å². The molecular weight excluding hydrogens is 384 g/mol. The molecule has 0 saturated carbocycles. The van der Waals surface area contributed by atoms with Crippen LogP contribution in [0.4, 0.5) is 0 Å². The maximum Gasteiger partial charge on any atom is 0.336 e. The summed E-state index contributed by atoms with van der Waals surface area (Å²) >= 11 is 8.77. The molecule has 0 spiro atoms. The third-order valence-corrected chi connectivity index (χ3v) is 5.66. The second-order valence-corrected chi connectivity index (χ2v) is 7.92. The van der Waals surface area contributed by atoms with E-state index in [-0.39, 0.29) is 29.7 Å². The minimum atomic E-state index is -0.562. The van der Waals surface area contributed by atoms with Crippen molar-refractivity contribution in [3.8, 4) is 5.75 Å². The fourth-order valence-electron chi connectivity index (χ4n) is 2.20. The molecule has 3 aromatic rings. The number of thiophene rings is 1. The summed E-state index contributed by atoms with van der Waals surface area (Å²) < 4.78 is 11.0. The van der Waals surface area contributed by atoms with Gasteiger partial charge in [-0.25, -0.2) is 4.79 Å². The monoisotopic (exact) mass is 396 g/mol. The van der Waals surface area contributed by atoms with E-state index in [0.29, 0.717) is 16.7 Å². The van der Waals surface area contributed by atoms with E-state index in [2.05, 4.69) is 0 Å². The van der Waals surface area contributed by atoms with Crippen molar-refractivity contribution in [1.29, 1.82) is 0 Å². The first-order chi connectivity index (χ1) is 12.0. The Morgan fingerprint density at radius 2 is 2.12 bits per heavy atom. The zero-order chi connectivity index (χ0) is 17.8. The predicted molar refractivity (Wildman–Crippen MR) is 99.4 cm³/mol. The largest absolute Gasteiger partial charge is 0.508 e. The SMILES string of the molecule is O=C(CSCc1ccc(Cl)s1)OCc1cc(=O)oc2cc(O)ccc12. The van der Waals surface area contributed by atoms with Gasteiger partial charge in [0, 0.05) is 33.7 Å². The van der Waals surface area contributed by atoms with Gasteiger partial charge in [-0.15, -0.1) is 23.1 Å².